The zero-order valence-electron chi connectivity index (χ0n) is 20.6. The molecule has 1 heterocycles. The number of fused-ring (bicyclic) bond motifs is 3. The van der Waals surface area contributed by atoms with Gasteiger partial charge in [0.25, 0.3) is 0 Å². The number of carbonyl (C=O) groups excluding carboxylic acids is 2. The Morgan fingerprint density at radius 3 is 2.23 bits per heavy atom. The van der Waals surface area contributed by atoms with Crippen LogP contribution in [0.25, 0.3) is 11.1 Å². The van der Waals surface area contributed by atoms with Gasteiger partial charge in [-0.15, -0.1) is 0 Å². The lowest BCUT2D eigenvalue weighted by Gasteiger charge is -2.24. The van der Waals surface area contributed by atoms with E-state index >= 15 is 0 Å². The molecular formula is C28H34N2O5. The molecule has 2 amide bonds. The molecule has 2 aromatic carbocycles. The molecule has 1 aliphatic heterocycles. The maximum atomic E-state index is 13.0. The van der Waals surface area contributed by atoms with Crippen LogP contribution in [0.5, 0.6) is 0 Å². The first-order valence-electron chi connectivity index (χ1n) is 12.3. The van der Waals surface area contributed by atoms with Gasteiger partial charge in [0.05, 0.1) is 5.92 Å². The molecule has 186 valence electrons. The highest BCUT2D eigenvalue weighted by Crippen LogP contribution is 2.44. The number of nitrogens with zero attached hydrogens (tertiary/aromatic N) is 1. The molecule has 0 radical (unpaired) electrons. The summed E-state index contributed by atoms with van der Waals surface area (Å²) < 4.78 is 5.65. The number of nitrogens with one attached hydrogen (secondary N) is 1. The third-order valence-electron chi connectivity index (χ3n) is 7.32. The fourth-order valence-electron chi connectivity index (χ4n) is 5.46. The number of ether oxygens (including phenoxy) is 1. The maximum absolute atomic E-state index is 13.0. The Kier molecular flexibility index (Phi) is 7.15. The van der Waals surface area contributed by atoms with Crippen molar-refractivity contribution in [3.8, 4) is 11.1 Å². The van der Waals surface area contributed by atoms with Crippen molar-refractivity contribution in [2.24, 2.45) is 11.3 Å². The Bertz CT molecular complexity index is 1070. The second-order valence-electron chi connectivity index (χ2n) is 10.3. The molecule has 7 heteroatoms. The molecular weight excluding hydrogens is 444 g/mol. The Balaban J connectivity index is 1.36. The molecule has 0 saturated carbocycles. The van der Waals surface area contributed by atoms with Gasteiger partial charge in [0.2, 0.25) is 5.91 Å². The molecule has 35 heavy (non-hydrogen) atoms. The van der Waals surface area contributed by atoms with E-state index < -0.39 is 23.4 Å². The van der Waals surface area contributed by atoms with Crippen LogP contribution in [0.2, 0.25) is 0 Å². The first-order valence-corrected chi connectivity index (χ1v) is 12.3. The van der Waals surface area contributed by atoms with Crippen molar-refractivity contribution in [1.29, 1.82) is 0 Å². The summed E-state index contributed by atoms with van der Waals surface area (Å²) >= 11 is 0. The van der Waals surface area contributed by atoms with Crippen molar-refractivity contribution in [1.82, 2.24) is 10.2 Å². The van der Waals surface area contributed by atoms with E-state index in [9.17, 15) is 19.5 Å². The number of benzene rings is 2. The third-order valence-corrected chi connectivity index (χ3v) is 7.32. The van der Waals surface area contributed by atoms with E-state index in [1.807, 2.05) is 45.0 Å². The van der Waals surface area contributed by atoms with Crippen molar-refractivity contribution in [2.45, 2.75) is 52.0 Å². The standard InChI is InChI=1S/C28H34N2O5/c1-4-9-18(14-25(31)30-15-24(26(32)33)28(2,3)17-30)29-27(34)35-16-23-21-12-7-5-10-19(21)20-11-6-8-13-22(20)23/h5-8,10-13,18,23-24H,4,9,14-17H2,1-3H3,(H,29,34)(H,32,33). The number of rotatable bonds is 8. The molecule has 2 N–H and O–H groups in total. The summed E-state index contributed by atoms with van der Waals surface area (Å²) in [5.41, 5.74) is 4.14. The van der Waals surface area contributed by atoms with Crippen LogP contribution in [-0.2, 0) is 14.3 Å². The summed E-state index contributed by atoms with van der Waals surface area (Å²) in [6.07, 6.45) is 1.02. The van der Waals surface area contributed by atoms with Crippen LogP contribution in [0.3, 0.4) is 0 Å². The van der Waals surface area contributed by atoms with Crippen LogP contribution in [0.1, 0.15) is 57.1 Å². The summed E-state index contributed by atoms with van der Waals surface area (Å²) in [5.74, 6) is -1.64. The Hall–Kier alpha value is -3.35. The summed E-state index contributed by atoms with van der Waals surface area (Å²) in [4.78, 5) is 38.9. The van der Waals surface area contributed by atoms with Crippen LogP contribution in [-0.4, -0.2) is 53.7 Å². The van der Waals surface area contributed by atoms with Crippen LogP contribution < -0.4 is 5.32 Å². The molecule has 0 spiro atoms. The zero-order chi connectivity index (χ0) is 25.2. The molecule has 0 aromatic heterocycles. The van der Waals surface area contributed by atoms with Gasteiger partial charge in [-0.25, -0.2) is 4.79 Å². The number of aliphatic carboxylic acids is 1. The van der Waals surface area contributed by atoms with Crippen LogP contribution >= 0.6 is 0 Å². The fraction of sp³-hybridized carbons (Fsp3) is 0.464. The average Bonchev–Trinajstić information content (AvgIpc) is 3.32. The maximum Gasteiger partial charge on any atom is 0.407 e. The van der Waals surface area contributed by atoms with Gasteiger partial charge < -0.3 is 20.1 Å². The summed E-state index contributed by atoms with van der Waals surface area (Å²) in [5, 5.41) is 12.4. The smallest absolute Gasteiger partial charge is 0.407 e. The second kappa shape index (κ2) is 10.1. The van der Waals surface area contributed by atoms with Crippen LogP contribution in [0.4, 0.5) is 4.79 Å². The van der Waals surface area contributed by atoms with E-state index in [1.54, 1.807) is 4.90 Å². The molecule has 1 fully saturated rings. The number of hydrogen-bond donors (Lipinski definition) is 2. The van der Waals surface area contributed by atoms with Gasteiger partial charge >= 0.3 is 12.1 Å². The van der Waals surface area contributed by atoms with Crippen LogP contribution in [0, 0.1) is 11.3 Å². The van der Waals surface area contributed by atoms with Gasteiger partial charge in [-0.1, -0.05) is 75.7 Å². The average molecular weight is 479 g/mol. The Labute approximate surface area is 206 Å². The first-order chi connectivity index (χ1) is 16.7. The molecule has 2 unspecified atom stereocenters. The minimum atomic E-state index is -0.882. The summed E-state index contributed by atoms with van der Waals surface area (Å²) in [6, 6.07) is 16.0. The number of hydrogen-bond acceptors (Lipinski definition) is 4. The largest absolute Gasteiger partial charge is 0.481 e. The predicted molar refractivity (Wildman–Crippen MR) is 133 cm³/mol. The van der Waals surface area contributed by atoms with Gasteiger partial charge in [0, 0.05) is 31.5 Å². The van der Waals surface area contributed by atoms with Crippen molar-refractivity contribution >= 4 is 18.0 Å². The number of amides is 2. The van der Waals surface area contributed by atoms with E-state index in [4.69, 9.17) is 4.74 Å². The van der Waals surface area contributed by atoms with Crippen molar-refractivity contribution < 1.29 is 24.2 Å². The van der Waals surface area contributed by atoms with E-state index in [1.165, 1.54) is 11.1 Å². The molecule has 2 aromatic rings. The zero-order valence-corrected chi connectivity index (χ0v) is 20.6. The van der Waals surface area contributed by atoms with Crippen molar-refractivity contribution in [3.05, 3.63) is 59.7 Å². The number of carbonyl (C=O) groups is 3. The topological polar surface area (TPSA) is 95.9 Å². The number of alkyl carbamates (subject to hydrolysis) is 1. The van der Waals surface area contributed by atoms with Gasteiger partial charge in [-0.05, 0) is 34.1 Å². The first kappa shape index (κ1) is 24.8. The highest BCUT2D eigenvalue weighted by molar-refractivity contribution is 5.81. The lowest BCUT2D eigenvalue weighted by molar-refractivity contribution is -0.144. The number of carboxylic acid groups (broad SMARTS) is 1. The van der Waals surface area contributed by atoms with E-state index in [0.717, 1.165) is 17.5 Å². The lowest BCUT2D eigenvalue weighted by atomic mass is 9.82. The van der Waals surface area contributed by atoms with Gasteiger partial charge in [0.1, 0.15) is 6.61 Å². The van der Waals surface area contributed by atoms with Crippen molar-refractivity contribution in [2.75, 3.05) is 19.7 Å². The quantitative estimate of drug-likeness (QED) is 0.576. The predicted octanol–water partition coefficient (Wildman–Crippen LogP) is 4.65. The van der Waals surface area contributed by atoms with E-state index in [2.05, 4.69) is 29.6 Å². The van der Waals surface area contributed by atoms with E-state index in [0.29, 0.717) is 13.0 Å². The molecule has 7 nitrogen and oxygen atoms in total. The lowest BCUT2D eigenvalue weighted by Crippen LogP contribution is -2.41. The number of carboxylic acids is 1. The molecule has 0 bridgehead atoms. The minimum absolute atomic E-state index is 0.0285. The third kappa shape index (κ3) is 5.19. The molecule has 1 aliphatic carbocycles. The number of likely N-dealkylation sites (tertiary alicyclic amines) is 1. The second-order valence-corrected chi connectivity index (χ2v) is 10.3. The monoisotopic (exact) mass is 478 g/mol. The molecule has 2 atom stereocenters. The summed E-state index contributed by atoms with van der Waals surface area (Å²) in [7, 11) is 0. The summed E-state index contributed by atoms with van der Waals surface area (Å²) in [6.45, 7) is 6.55. The Morgan fingerprint density at radius 1 is 1.09 bits per heavy atom. The Morgan fingerprint density at radius 2 is 1.69 bits per heavy atom. The molecule has 1 saturated heterocycles. The fourth-order valence-corrected chi connectivity index (χ4v) is 5.46. The SMILES string of the molecule is CCCC(CC(=O)N1CC(C(=O)O)C(C)(C)C1)NC(=O)OCC1c2ccccc2-c2ccccc21. The van der Waals surface area contributed by atoms with Gasteiger partial charge in [-0.2, -0.15) is 0 Å². The normalized spacial score (nSPS) is 19.1. The highest BCUT2D eigenvalue weighted by atomic mass is 16.5. The molecule has 4 rings (SSSR count). The molecule has 2 aliphatic rings. The van der Waals surface area contributed by atoms with Gasteiger partial charge in [0.15, 0.2) is 0 Å². The van der Waals surface area contributed by atoms with Crippen molar-refractivity contribution in [3.63, 3.8) is 0 Å². The van der Waals surface area contributed by atoms with Crippen LogP contribution in [0.15, 0.2) is 48.5 Å². The highest BCUT2D eigenvalue weighted by Gasteiger charge is 2.45. The minimum Gasteiger partial charge on any atom is -0.481 e. The van der Waals surface area contributed by atoms with Gasteiger partial charge in [-0.3, -0.25) is 9.59 Å². The van der Waals surface area contributed by atoms with E-state index in [-0.39, 0.29) is 37.4 Å².